The SMILES string of the molecule is CCOC(=O)CCC(=O)N(CC(=O)O)CC(C)C. The fourth-order valence-electron chi connectivity index (χ4n) is 1.46. The Bertz CT molecular complexity index is 301. The number of esters is 1. The van der Waals surface area contributed by atoms with Crippen molar-refractivity contribution in [1.82, 2.24) is 4.90 Å². The molecule has 1 amide bonds. The highest BCUT2D eigenvalue weighted by atomic mass is 16.5. The van der Waals surface area contributed by atoms with Crippen LogP contribution in [0.5, 0.6) is 0 Å². The maximum atomic E-state index is 11.8. The molecule has 0 aromatic heterocycles. The molecule has 0 aliphatic heterocycles. The first-order valence-corrected chi connectivity index (χ1v) is 6.02. The van der Waals surface area contributed by atoms with Crippen LogP contribution in [0, 0.1) is 5.92 Å². The van der Waals surface area contributed by atoms with Crippen LogP contribution in [-0.2, 0) is 19.1 Å². The predicted molar refractivity (Wildman–Crippen MR) is 64.9 cm³/mol. The first-order chi connectivity index (χ1) is 8.36. The van der Waals surface area contributed by atoms with Crippen molar-refractivity contribution in [3.63, 3.8) is 0 Å². The van der Waals surface area contributed by atoms with E-state index in [0.717, 1.165) is 0 Å². The molecule has 0 bridgehead atoms. The van der Waals surface area contributed by atoms with Crippen LogP contribution in [0.3, 0.4) is 0 Å². The van der Waals surface area contributed by atoms with Crippen molar-refractivity contribution in [1.29, 1.82) is 0 Å². The topological polar surface area (TPSA) is 83.9 Å². The van der Waals surface area contributed by atoms with Crippen LogP contribution in [0.25, 0.3) is 0 Å². The van der Waals surface area contributed by atoms with E-state index in [1.165, 1.54) is 4.90 Å². The summed E-state index contributed by atoms with van der Waals surface area (Å²) in [6.07, 6.45) is -0.0281. The number of carboxylic acid groups (broad SMARTS) is 1. The zero-order valence-corrected chi connectivity index (χ0v) is 11.1. The van der Waals surface area contributed by atoms with Gasteiger partial charge in [0, 0.05) is 13.0 Å². The van der Waals surface area contributed by atoms with E-state index >= 15 is 0 Å². The quantitative estimate of drug-likeness (QED) is 0.655. The summed E-state index contributed by atoms with van der Waals surface area (Å²) in [7, 11) is 0. The van der Waals surface area contributed by atoms with E-state index in [0.29, 0.717) is 6.54 Å². The fraction of sp³-hybridized carbons (Fsp3) is 0.750. The molecule has 0 unspecified atom stereocenters. The van der Waals surface area contributed by atoms with E-state index in [1.807, 2.05) is 13.8 Å². The van der Waals surface area contributed by atoms with Gasteiger partial charge in [0.1, 0.15) is 6.54 Å². The molecule has 0 aliphatic rings. The van der Waals surface area contributed by atoms with Crippen molar-refractivity contribution in [3.05, 3.63) is 0 Å². The lowest BCUT2D eigenvalue weighted by Crippen LogP contribution is -2.38. The lowest BCUT2D eigenvalue weighted by molar-refractivity contribution is -0.147. The molecular weight excluding hydrogens is 238 g/mol. The van der Waals surface area contributed by atoms with Crippen LogP contribution in [0.4, 0.5) is 0 Å². The monoisotopic (exact) mass is 259 g/mol. The minimum Gasteiger partial charge on any atom is -0.480 e. The number of amides is 1. The van der Waals surface area contributed by atoms with Crippen molar-refractivity contribution in [3.8, 4) is 0 Å². The standard InChI is InChI=1S/C12H21NO5/c1-4-18-12(17)6-5-10(14)13(7-9(2)3)8-11(15)16/h9H,4-8H2,1-3H3,(H,15,16). The number of ether oxygens (including phenoxy) is 1. The van der Waals surface area contributed by atoms with E-state index in [1.54, 1.807) is 6.92 Å². The number of nitrogens with zero attached hydrogens (tertiary/aromatic N) is 1. The van der Waals surface area contributed by atoms with Crippen LogP contribution in [-0.4, -0.2) is 47.5 Å². The lowest BCUT2D eigenvalue weighted by atomic mass is 10.2. The van der Waals surface area contributed by atoms with Gasteiger partial charge in [-0.05, 0) is 12.8 Å². The molecule has 0 aromatic rings. The number of carbonyl (C=O) groups excluding carboxylic acids is 2. The molecule has 0 spiro atoms. The molecule has 0 rings (SSSR count). The zero-order valence-electron chi connectivity index (χ0n) is 11.1. The van der Waals surface area contributed by atoms with Gasteiger partial charge in [-0.15, -0.1) is 0 Å². The van der Waals surface area contributed by atoms with Gasteiger partial charge >= 0.3 is 11.9 Å². The van der Waals surface area contributed by atoms with Crippen LogP contribution >= 0.6 is 0 Å². The summed E-state index contributed by atoms with van der Waals surface area (Å²) in [5, 5.41) is 8.72. The van der Waals surface area contributed by atoms with E-state index in [4.69, 9.17) is 9.84 Å². The first kappa shape index (κ1) is 16.4. The molecule has 0 heterocycles. The highest BCUT2D eigenvalue weighted by molar-refractivity contribution is 5.84. The molecule has 1 N–H and O–H groups in total. The van der Waals surface area contributed by atoms with Gasteiger partial charge in [0.15, 0.2) is 0 Å². The third-order valence-electron chi connectivity index (χ3n) is 2.11. The Morgan fingerprint density at radius 3 is 2.28 bits per heavy atom. The molecule has 0 atom stereocenters. The maximum Gasteiger partial charge on any atom is 0.323 e. The smallest absolute Gasteiger partial charge is 0.323 e. The summed E-state index contributed by atoms with van der Waals surface area (Å²) < 4.78 is 4.71. The Morgan fingerprint density at radius 1 is 1.22 bits per heavy atom. The summed E-state index contributed by atoms with van der Waals surface area (Å²) in [5.41, 5.74) is 0. The van der Waals surface area contributed by atoms with E-state index in [9.17, 15) is 14.4 Å². The van der Waals surface area contributed by atoms with Gasteiger partial charge in [0.25, 0.3) is 0 Å². The number of carbonyl (C=O) groups is 3. The van der Waals surface area contributed by atoms with Gasteiger partial charge in [0.2, 0.25) is 5.91 Å². The second-order valence-electron chi connectivity index (χ2n) is 4.37. The maximum absolute atomic E-state index is 11.8. The fourth-order valence-corrected chi connectivity index (χ4v) is 1.46. The van der Waals surface area contributed by atoms with Gasteiger partial charge in [-0.1, -0.05) is 13.8 Å². The number of hydrogen-bond donors (Lipinski definition) is 1. The molecule has 0 radical (unpaired) electrons. The Balaban J connectivity index is 4.28. The lowest BCUT2D eigenvalue weighted by Gasteiger charge is -2.22. The van der Waals surface area contributed by atoms with Gasteiger partial charge < -0.3 is 14.7 Å². The average Bonchev–Trinajstić information content (AvgIpc) is 2.24. The van der Waals surface area contributed by atoms with E-state index < -0.39 is 11.9 Å². The Labute approximate surface area is 107 Å². The minimum atomic E-state index is -1.06. The molecule has 6 nitrogen and oxygen atoms in total. The Kier molecular flexibility index (Phi) is 7.74. The molecule has 0 aliphatic carbocycles. The summed E-state index contributed by atoms with van der Waals surface area (Å²) in [6, 6.07) is 0. The second-order valence-corrected chi connectivity index (χ2v) is 4.37. The minimum absolute atomic E-state index is 0.0130. The molecule has 0 fully saturated rings. The average molecular weight is 259 g/mol. The number of rotatable bonds is 8. The van der Waals surface area contributed by atoms with Crippen LogP contribution in [0.1, 0.15) is 33.6 Å². The van der Waals surface area contributed by atoms with Gasteiger partial charge in [-0.25, -0.2) is 0 Å². The third-order valence-corrected chi connectivity index (χ3v) is 2.11. The Morgan fingerprint density at radius 2 is 1.83 bits per heavy atom. The van der Waals surface area contributed by atoms with Crippen LogP contribution in [0.2, 0.25) is 0 Å². The molecule has 0 saturated heterocycles. The number of hydrogen-bond acceptors (Lipinski definition) is 4. The zero-order chi connectivity index (χ0) is 14.1. The first-order valence-electron chi connectivity index (χ1n) is 6.02. The molecule has 18 heavy (non-hydrogen) atoms. The largest absolute Gasteiger partial charge is 0.480 e. The third kappa shape index (κ3) is 7.65. The molecule has 6 heteroatoms. The Hall–Kier alpha value is -1.59. The van der Waals surface area contributed by atoms with Crippen molar-refractivity contribution < 1.29 is 24.2 Å². The number of aliphatic carboxylic acids is 1. The summed E-state index contributed by atoms with van der Waals surface area (Å²) in [5.74, 6) is -1.65. The van der Waals surface area contributed by atoms with Gasteiger partial charge in [-0.2, -0.15) is 0 Å². The van der Waals surface area contributed by atoms with Crippen molar-refractivity contribution in [2.45, 2.75) is 33.6 Å². The summed E-state index contributed by atoms with van der Waals surface area (Å²) in [4.78, 5) is 34.8. The van der Waals surface area contributed by atoms with Crippen LogP contribution in [0.15, 0.2) is 0 Å². The predicted octanol–water partition coefficient (Wildman–Crippen LogP) is 0.899. The molecule has 0 saturated carbocycles. The molecule has 0 aromatic carbocycles. The van der Waals surface area contributed by atoms with Crippen molar-refractivity contribution in [2.75, 3.05) is 19.7 Å². The molecule has 104 valence electrons. The number of carboxylic acids is 1. The van der Waals surface area contributed by atoms with E-state index in [-0.39, 0.29) is 37.8 Å². The van der Waals surface area contributed by atoms with Gasteiger partial charge in [-0.3, -0.25) is 14.4 Å². The van der Waals surface area contributed by atoms with E-state index in [2.05, 4.69) is 0 Å². The highest BCUT2D eigenvalue weighted by Gasteiger charge is 2.18. The van der Waals surface area contributed by atoms with Crippen molar-refractivity contribution in [2.24, 2.45) is 5.92 Å². The summed E-state index contributed by atoms with van der Waals surface area (Å²) in [6.45, 7) is 5.79. The normalized spacial score (nSPS) is 10.2. The van der Waals surface area contributed by atoms with Crippen LogP contribution < -0.4 is 0 Å². The van der Waals surface area contributed by atoms with Crippen molar-refractivity contribution >= 4 is 17.8 Å². The second kappa shape index (κ2) is 8.49. The highest BCUT2D eigenvalue weighted by Crippen LogP contribution is 2.04. The molecular formula is C12H21NO5. The summed E-state index contributed by atoms with van der Waals surface area (Å²) >= 11 is 0. The van der Waals surface area contributed by atoms with Gasteiger partial charge in [0.05, 0.1) is 13.0 Å².